The first-order valence-electron chi connectivity index (χ1n) is 9.95. The summed E-state index contributed by atoms with van der Waals surface area (Å²) in [6.07, 6.45) is 5.92. The molecule has 1 N–H and O–H groups in total. The maximum atomic E-state index is 12.4. The lowest BCUT2D eigenvalue weighted by atomic mass is 10.1. The number of rotatable bonds is 7. The van der Waals surface area contributed by atoms with Gasteiger partial charge in [0.05, 0.1) is 25.1 Å². The Kier molecular flexibility index (Phi) is 7.29. The molecule has 2 aliphatic heterocycles. The van der Waals surface area contributed by atoms with Crippen LogP contribution in [-0.4, -0.2) is 75.4 Å². The van der Waals surface area contributed by atoms with Crippen molar-refractivity contribution in [3.63, 3.8) is 0 Å². The monoisotopic (exact) mass is 376 g/mol. The molecule has 0 aromatic carbocycles. The van der Waals surface area contributed by atoms with Gasteiger partial charge in [-0.15, -0.1) is 0 Å². The van der Waals surface area contributed by atoms with Crippen molar-refractivity contribution in [2.24, 2.45) is 5.92 Å². The molecule has 0 unspecified atom stereocenters. The fraction of sp³-hybridized carbons (Fsp3) is 0.700. The summed E-state index contributed by atoms with van der Waals surface area (Å²) in [5.74, 6) is 1.50. The van der Waals surface area contributed by atoms with Gasteiger partial charge in [0.15, 0.2) is 0 Å². The van der Waals surface area contributed by atoms with Gasteiger partial charge in [-0.1, -0.05) is 0 Å². The van der Waals surface area contributed by atoms with Crippen LogP contribution in [0.4, 0.5) is 11.5 Å². The highest BCUT2D eigenvalue weighted by molar-refractivity contribution is 5.77. The minimum atomic E-state index is 0.103. The number of aromatic nitrogens is 1. The van der Waals surface area contributed by atoms with Crippen LogP contribution < -0.4 is 10.2 Å². The molecule has 3 rings (SSSR count). The topological polar surface area (TPSA) is 66.9 Å². The molecule has 0 bridgehead atoms. The van der Waals surface area contributed by atoms with Crippen molar-refractivity contribution >= 4 is 17.4 Å². The molecule has 1 aromatic heterocycles. The van der Waals surface area contributed by atoms with E-state index in [0.717, 1.165) is 63.5 Å². The minimum Gasteiger partial charge on any atom is -0.381 e. The summed E-state index contributed by atoms with van der Waals surface area (Å²) in [5, 5.41) is 3.56. The molecule has 3 heterocycles. The van der Waals surface area contributed by atoms with E-state index in [1.165, 1.54) is 0 Å². The Labute approximate surface area is 162 Å². The third-order valence-electron chi connectivity index (χ3n) is 5.26. The van der Waals surface area contributed by atoms with Crippen LogP contribution in [0.1, 0.15) is 25.7 Å². The molecule has 0 radical (unpaired) electrons. The van der Waals surface area contributed by atoms with Crippen LogP contribution in [0.15, 0.2) is 18.3 Å². The van der Waals surface area contributed by atoms with Crippen LogP contribution in [0.2, 0.25) is 0 Å². The Morgan fingerprint density at radius 3 is 2.93 bits per heavy atom. The molecule has 1 aromatic rings. The van der Waals surface area contributed by atoms with Crippen LogP contribution >= 0.6 is 0 Å². The van der Waals surface area contributed by atoms with E-state index in [-0.39, 0.29) is 12.5 Å². The van der Waals surface area contributed by atoms with Crippen LogP contribution in [0.5, 0.6) is 0 Å². The predicted octanol–water partition coefficient (Wildman–Crippen LogP) is 1.99. The van der Waals surface area contributed by atoms with Gasteiger partial charge in [0.2, 0.25) is 5.91 Å². The maximum Gasteiger partial charge on any atom is 0.248 e. The van der Waals surface area contributed by atoms with Crippen molar-refractivity contribution in [3.8, 4) is 0 Å². The number of hydrogen-bond donors (Lipinski definition) is 1. The zero-order valence-electron chi connectivity index (χ0n) is 16.5. The largest absolute Gasteiger partial charge is 0.381 e. The van der Waals surface area contributed by atoms with Crippen LogP contribution in [0, 0.1) is 5.92 Å². The van der Waals surface area contributed by atoms with Gasteiger partial charge in [0, 0.05) is 45.8 Å². The van der Waals surface area contributed by atoms with E-state index in [2.05, 4.69) is 16.4 Å². The SMILES string of the molecule is CN(C)c1ccc(N[C@@H]2CCCN(C(=O)COC[C@@H]3CCOC3)CC2)cn1. The standard InChI is InChI=1S/C20H32N4O3/c1-23(2)19-6-5-18(12-21-19)22-17-4-3-9-24(10-7-17)20(25)15-27-14-16-8-11-26-13-16/h5-6,12,16-17,22H,3-4,7-11,13-15H2,1-2H3/t16-,17-/m1/s1. The fourth-order valence-electron chi connectivity index (χ4n) is 3.58. The third kappa shape index (κ3) is 6.07. The van der Waals surface area contributed by atoms with E-state index in [9.17, 15) is 4.79 Å². The molecule has 7 heteroatoms. The van der Waals surface area contributed by atoms with E-state index >= 15 is 0 Å². The number of carbonyl (C=O) groups excluding carboxylic acids is 1. The van der Waals surface area contributed by atoms with Crippen LogP contribution in [-0.2, 0) is 14.3 Å². The average molecular weight is 377 g/mol. The second-order valence-electron chi connectivity index (χ2n) is 7.70. The zero-order chi connectivity index (χ0) is 19.1. The van der Waals surface area contributed by atoms with Crippen molar-refractivity contribution in [2.45, 2.75) is 31.7 Å². The molecule has 150 valence electrons. The normalized spacial score (nSPS) is 23.1. The maximum absolute atomic E-state index is 12.4. The zero-order valence-corrected chi connectivity index (χ0v) is 16.5. The number of pyridine rings is 1. The summed E-state index contributed by atoms with van der Waals surface area (Å²) in [4.78, 5) is 20.8. The molecule has 0 spiro atoms. The van der Waals surface area contributed by atoms with Gasteiger partial charge in [-0.25, -0.2) is 4.98 Å². The lowest BCUT2D eigenvalue weighted by Gasteiger charge is -2.21. The van der Waals surface area contributed by atoms with Gasteiger partial charge in [-0.3, -0.25) is 4.79 Å². The van der Waals surface area contributed by atoms with Gasteiger partial charge in [0.25, 0.3) is 0 Å². The quantitative estimate of drug-likeness (QED) is 0.785. The van der Waals surface area contributed by atoms with E-state index in [1.807, 2.05) is 36.2 Å². The fourth-order valence-corrected chi connectivity index (χ4v) is 3.58. The van der Waals surface area contributed by atoms with Crippen molar-refractivity contribution in [1.82, 2.24) is 9.88 Å². The van der Waals surface area contributed by atoms with Crippen molar-refractivity contribution in [3.05, 3.63) is 18.3 Å². The number of nitrogens with zero attached hydrogens (tertiary/aromatic N) is 3. The number of ether oxygens (including phenoxy) is 2. The lowest BCUT2D eigenvalue weighted by molar-refractivity contribution is -0.136. The summed E-state index contributed by atoms with van der Waals surface area (Å²) >= 11 is 0. The van der Waals surface area contributed by atoms with Crippen molar-refractivity contribution in [1.29, 1.82) is 0 Å². The number of nitrogens with one attached hydrogen (secondary N) is 1. The summed E-state index contributed by atoms with van der Waals surface area (Å²) in [5.41, 5.74) is 1.03. The first kappa shape index (κ1) is 19.9. The smallest absolute Gasteiger partial charge is 0.248 e. The number of hydrogen-bond acceptors (Lipinski definition) is 6. The molecule has 1 amide bonds. The van der Waals surface area contributed by atoms with Gasteiger partial charge in [-0.05, 0) is 37.8 Å². The number of likely N-dealkylation sites (tertiary alicyclic amines) is 1. The van der Waals surface area contributed by atoms with E-state index in [4.69, 9.17) is 9.47 Å². The lowest BCUT2D eigenvalue weighted by Crippen LogP contribution is -2.35. The Morgan fingerprint density at radius 2 is 2.22 bits per heavy atom. The van der Waals surface area contributed by atoms with E-state index in [0.29, 0.717) is 18.6 Å². The summed E-state index contributed by atoms with van der Waals surface area (Å²) < 4.78 is 11.0. The van der Waals surface area contributed by atoms with E-state index < -0.39 is 0 Å². The molecule has 7 nitrogen and oxygen atoms in total. The molecule has 27 heavy (non-hydrogen) atoms. The van der Waals surface area contributed by atoms with E-state index in [1.54, 1.807) is 0 Å². The Balaban J connectivity index is 1.40. The van der Waals surface area contributed by atoms with Crippen molar-refractivity contribution < 1.29 is 14.3 Å². The second-order valence-corrected chi connectivity index (χ2v) is 7.70. The molecule has 2 saturated heterocycles. The first-order valence-corrected chi connectivity index (χ1v) is 9.95. The highest BCUT2D eigenvalue weighted by atomic mass is 16.5. The molecule has 2 fully saturated rings. The van der Waals surface area contributed by atoms with Crippen molar-refractivity contribution in [2.75, 3.05) is 63.8 Å². The molecule has 2 atom stereocenters. The molecule has 2 aliphatic rings. The average Bonchev–Trinajstić information content (AvgIpc) is 3.07. The Morgan fingerprint density at radius 1 is 1.33 bits per heavy atom. The first-order chi connectivity index (χ1) is 13.1. The van der Waals surface area contributed by atoms with Crippen LogP contribution in [0.3, 0.4) is 0 Å². The van der Waals surface area contributed by atoms with Crippen LogP contribution in [0.25, 0.3) is 0 Å². The minimum absolute atomic E-state index is 0.103. The molecule has 0 aliphatic carbocycles. The van der Waals surface area contributed by atoms with Gasteiger partial charge < -0.3 is 24.6 Å². The summed E-state index contributed by atoms with van der Waals surface area (Å²) in [6.45, 7) is 3.97. The molecular weight excluding hydrogens is 344 g/mol. The third-order valence-corrected chi connectivity index (χ3v) is 5.26. The Hall–Kier alpha value is -1.86. The van der Waals surface area contributed by atoms with Gasteiger partial charge in [0.1, 0.15) is 12.4 Å². The van der Waals surface area contributed by atoms with Gasteiger partial charge in [-0.2, -0.15) is 0 Å². The van der Waals surface area contributed by atoms with Gasteiger partial charge >= 0.3 is 0 Å². The predicted molar refractivity (Wildman–Crippen MR) is 106 cm³/mol. The summed E-state index contributed by atoms with van der Waals surface area (Å²) in [6, 6.07) is 4.45. The molecular formula is C20H32N4O3. The molecule has 0 saturated carbocycles. The number of amides is 1. The highest BCUT2D eigenvalue weighted by Crippen LogP contribution is 2.18. The summed E-state index contributed by atoms with van der Waals surface area (Å²) in [7, 11) is 3.97. The number of carbonyl (C=O) groups is 1. The Bertz CT molecular complexity index is 587. The number of anilines is 2. The second kappa shape index (κ2) is 9.90. The highest BCUT2D eigenvalue weighted by Gasteiger charge is 2.22.